The van der Waals surface area contributed by atoms with Gasteiger partial charge >= 0.3 is 0 Å². The molecule has 8 heteroatoms. The number of aliphatic hydroxyl groups is 1. The third kappa shape index (κ3) is 3.81. The Balaban J connectivity index is 2.04. The van der Waals surface area contributed by atoms with Crippen LogP contribution in [0, 0.1) is 11.6 Å². The van der Waals surface area contributed by atoms with Crippen molar-refractivity contribution in [1.82, 2.24) is 9.21 Å². The number of hydrogen-bond acceptors (Lipinski definition) is 4. The van der Waals surface area contributed by atoms with Crippen molar-refractivity contribution in [3.05, 3.63) is 35.4 Å². The molecule has 1 aromatic carbocycles. The van der Waals surface area contributed by atoms with Crippen LogP contribution in [0.5, 0.6) is 0 Å². The quantitative estimate of drug-likeness (QED) is 0.891. The molecule has 1 heterocycles. The van der Waals surface area contributed by atoms with Gasteiger partial charge in [0.15, 0.2) is 0 Å². The average molecular weight is 334 g/mol. The highest BCUT2D eigenvalue weighted by atomic mass is 32.2. The Hall–Kier alpha value is -1.09. The third-order valence-electron chi connectivity index (χ3n) is 3.84. The fourth-order valence-electron chi connectivity index (χ4n) is 2.84. The van der Waals surface area contributed by atoms with E-state index in [1.807, 2.05) is 4.90 Å². The van der Waals surface area contributed by atoms with Crippen LogP contribution >= 0.6 is 0 Å². The minimum absolute atomic E-state index is 0.0554. The zero-order valence-electron chi connectivity index (χ0n) is 12.5. The molecule has 0 spiro atoms. The van der Waals surface area contributed by atoms with Gasteiger partial charge in [0.05, 0.1) is 17.9 Å². The van der Waals surface area contributed by atoms with Crippen molar-refractivity contribution < 1.29 is 22.3 Å². The molecule has 2 atom stereocenters. The molecule has 5 nitrogen and oxygen atoms in total. The van der Waals surface area contributed by atoms with Crippen LogP contribution in [0.25, 0.3) is 0 Å². The molecule has 0 bridgehead atoms. The summed E-state index contributed by atoms with van der Waals surface area (Å²) in [6, 6.07) is 3.20. The predicted molar refractivity (Wildman–Crippen MR) is 78.8 cm³/mol. The topological polar surface area (TPSA) is 60.9 Å². The fourth-order valence-corrected chi connectivity index (χ4v) is 3.97. The van der Waals surface area contributed by atoms with Gasteiger partial charge in [-0.3, -0.25) is 4.90 Å². The van der Waals surface area contributed by atoms with Gasteiger partial charge in [0.25, 0.3) is 0 Å². The monoisotopic (exact) mass is 334 g/mol. The second kappa shape index (κ2) is 6.57. The Morgan fingerprint density at radius 3 is 2.41 bits per heavy atom. The van der Waals surface area contributed by atoms with Crippen LogP contribution < -0.4 is 0 Å². The van der Waals surface area contributed by atoms with Gasteiger partial charge in [-0.15, -0.1) is 0 Å². The Bertz CT molecular complexity index is 619. The number of rotatable bonds is 4. The van der Waals surface area contributed by atoms with Gasteiger partial charge in [0, 0.05) is 32.2 Å². The molecule has 1 aromatic rings. The standard InChI is InChI=1S/C14H20F2N2O3S/c1-10-8-17(6-7-18(10)22(2,20)21)9-13(19)14-11(15)4-3-5-12(14)16/h3-5,10,13,19H,6-9H2,1-2H3/t10-,13?/m0/s1. The molecule has 1 aliphatic heterocycles. The van der Waals surface area contributed by atoms with Crippen molar-refractivity contribution in [2.75, 3.05) is 32.4 Å². The van der Waals surface area contributed by atoms with Gasteiger partial charge in [-0.2, -0.15) is 4.31 Å². The second-order valence-corrected chi connectivity index (χ2v) is 7.57. The van der Waals surface area contributed by atoms with Crippen molar-refractivity contribution in [3.63, 3.8) is 0 Å². The number of benzene rings is 1. The third-order valence-corrected chi connectivity index (χ3v) is 5.24. The Labute approximate surface area is 129 Å². The van der Waals surface area contributed by atoms with Crippen molar-refractivity contribution in [1.29, 1.82) is 0 Å². The van der Waals surface area contributed by atoms with E-state index >= 15 is 0 Å². The van der Waals surface area contributed by atoms with Gasteiger partial charge in [-0.25, -0.2) is 17.2 Å². The highest BCUT2D eigenvalue weighted by Crippen LogP contribution is 2.23. The molecule has 1 fully saturated rings. The summed E-state index contributed by atoms with van der Waals surface area (Å²) < 4.78 is 51.9. The largest absolute Gasteiger partial charge is 0.387 e. The van der Waals surface area contributed by atoms with Gasteiger partial charge in [0.1, 0.15) is 11.6 Å². The molecule has 2 rings (SSSR count). The van der Waals surface area contributed by atoms with Gasteiger partial charge < -0.3 is 5.11 Å². The number of hydrogen-bond donors (Lipinski definition) is 1. The molecule has 1 aliphatic rings. The first-order chi connectivity index (χ1) is 10.2. The first-order valence-electron chi connectivity index (χ1n) is 7.01. The molecular formula is C14H20F2N2O3S. The molecule has 0 saturated carbocycles. The van der Waals surface area contributed by atoms with E-state index in [0.29, 0.717) is 19.6 Å². The van der Waals surface area contributed by atoms with Crippen LogP contribution in [-0.2, 0) is 10.0 Å². The van der Waals surface area contributed by atoms with Crippen molar-refractivity contribution >= 4 is 10.0 Å². The summed E-state index contributed by atoms with van der Waals surface area (Å²) in [6.45, 7) is 2.93. The molecular weight excluding hydrogens is 314 g/mol. The summed E-state index contributed by atoms with van der Waals surface area (Å²) >= 11 is 0. The molecule has 124 valence electrons. The number of sulfonamides is 1. The highest BCUT2D eigenvalue weighted by molar-refractivity contribution is 7.88. The van der Waals surface area contributed by atoms with Crippen molar-refractivity contribution in [3.8, 4) is 0 Å². The first kappa shape index (κ1) is 17.3. The molecule has 0 radical (unpaired) electrons. The van der Waals surface area contributed by atoms with Gasteiger partial charge in [-0.05, 0) is 19.1 Å². The summed E-state index contributed by atoms with van der Waals surface area (Å²) in [5.41, 5.74) is -0.347. The van der Waals surface area contributed by atoms with Crippen LogP contribution in [0.4, 0.5) is 8.78 Å². The normalized spacial score (nSPS) is 22.7. The lowest BCUT2D eigenvalue weighted by molar-refractivity contribution is 0.0715. The molecule has 0 aliphatic carbocycles. The van der Waals surface area contributed by atoms with Crippen LogP contribution in [0.2, 0.25) is 0 Å². The van der Waals surface area contributed by atoms with Crippen molar-refractivity contribution in [2.45, 2.75) is 19.1 Å². The zero-order chi connectivity index (χ0) is 16.5. The number of halogens is 2. The van der Waals surface area contributed by atoms with Crippen LogP contribution in [0.1, 0.15) is 18.6 Å². The maximum Gasteiger partial charge on any atom is 0.211 e. The molecule has 0 aromatic heterocycles. The van der Waals surface area contributed by atoms with E-state index < -0.39 is 27.8 Å². The first-order valence-corrected chi connectivity index (χ1v) is 8.86. The van der Waals surface area contributed by atoms with E-state index in [-0.39, 0.29) is 18.2 Å². The lowest BCUT2D eigenvalue weighted by Gasteiger charge is -2.39. The number of β-amino-alcohol motifs (C(OH)–C–C–N with tert-alkyl or cyclic N) is 1. The average Bonchev–Trinajstić information content (AvgIpc) is 2.36. The van der Waals surface area contributed by atoms with Gasteiger partial charge in [-0.1, -0.05) is 6.07 Å². The lowest BCUT2D eigenvalue weighted by atomic mass is 10.1. The minimum atomic E-state index is -3.27. The number of aliphatic hydroxyl groups excluding tert-OH is 1. The maximum absolute atomic E-state index is 13.6. The van der Waals surface area contributed by atoms with Crippen LogP contribution in [-0.4, -0.2) is 61.2 Å². The Morgan fingerprint density at radius 2 is 1.91 bits per heavy atom. The fraction of sp³-hybridized carbons (Fsp3) is 0.571. The zero-order valence-corrected chi connectivity index (χ0v) is 13.4. The van der Waals surface area contributed by atoms with Crippen LogP contribution in [0.3, 0.4) is 0 Å². The maximum atomic E-state index is 13.6. The predicted octanol–water partition coefficient (Wildman–Crippen LogP) is 0.964. The van der Waals surface area contributed by atoms with Crippen molar-refractivity contribution in [2.24, 2.45) is 0 Å². The van der Waals surface area contributed by atoms with E-state index in [4.69, 9.17) is 0 Å². The Kier molecular flexibility index (Phi) is 5.16. The van der Waals surface area contributed by atoms with Crippen LogP contribution in [0.15, 0.2) is 18.2 Å². The summed E-state index contributed by atoms with van der Waals surface area (Å²) in [5, 5.41) is 10.1. The summed E-state index contributed by atoms with van der Waals surface area (Å²) in [7, 11) is -3.27. The molecule has 1 N–H and O–H groups in total. The SMILES string of the molecule is C[C@H]1CN(CC(O)c2c(F)cccc2F)CCN1S(C)(=O)=O. The van der Waals surface area contributed by atoms with E-state index in [0.717, 1.165) is 18.4 Å². The molecule has 0 amide bonds. The minimum Gasteiger partial charge on any atom is -0.387 e. The van der Waals surface area contributed by atoms with Gasteiger partial charge in [0.2, 0.25) is 10.0 Å². The van der Waals surface area contributed by atoms with E-state index in [9.17, 15) is 22.3 Å². The smallest absolute Gasteiger partial charge is 0.211 e. The van der Waals surface area contributed by atoms with E-state index in [2.05, 4.69) is 0 Å². The van der Waals surface area contributed by atoms with E-state index in [1.165, 1.54) is 10.4 Å². The molecule has 1 unspecified atom stereocenters. The Morgan fingerprint density at radius 1 is 1.32 bits per heavy atom. The highest BCUT2D eigenvalue weighted by Gasteiger charge is 2.31. The molecule has 1 saturated heterocycles. The molecule has 22 heavy (non-hydrogen) atoms. The summed E-state index contributed by atoms with van der Waals surface area (Å²) in [5.74, 6) is -1.56. The summed E-state index contributed by atoms with van der Waals surface area (Å²) in [4.78, 5) is 1.81. The van der Waals surface area contributed by atoms with E-state index in [1.54, 1.807) is 6.92 Å². The lowest BCUT2D eigenvalue weighted by Crippen LogP contribution is -2.54. The number of piperazine rings is 1. The summed E-state index contributed by atoms with van der Waals surface area (Å²) in [6.07, 6.45) is -0.138. The number of nitrogens with zero attached hydrogens (tertiary/aromatic N) is 2. The second-order valence-electron chi connectivity index (χ2n) is 5.63.